The second-order valence-electron chi connectivity index (χ2n) is 6.75. The van der Waals surface area contributed by atoms with Crippen molar-refractivity contribution in [3.8, 4) is 0 Å². The maximum absolute atomic E-state index is 12.5. The van der Waals surface area contributed by atoms with Crippen molar-refractivity contribution in [1.29, 1.82) is 0 Å². The molecule has 7 nitrogen and oxygen atoms in total. The highest BCUT2D eigenvalue weighted by molar-refractivity contribution is 5.90. The molecule has 2 heterocycles. The number of urea groups is 1. The lowest BCUT2D eigenvalue weighted by atomic mass is 10.2. The molecule has 26 heavy (non-hydrogen) atoms. The minimum atomic E-state index is -0.0493. The van der Waals surface area contributed by atoms with Crippen LogP contribution >= 0.6 is 0 Å². The lowest BCUT2D eigenvalue weighted by Gasteiger charge is -2.35. The fraction of sp³-hybridized carbons (Fsp3) is 0.421. The molecule has 1 N–H and O–H groups in total. The van der Waals surface area contributed by atoms with Gasteiger partial charge in [0.1, 0.15) is 17.5 Å². The molecule has 0 saturated carbocycles. The summed E-state index contributed by atoms with van der Waals surface area (Å²) in [6.07, 6.45) is 0. The number of piperazine rings is 1. The van der Waals surface area contributed by atoms with E-state index in [4.69, 9.17) is 0 Å². The topological polar surface area (TPSA) is 64.6 Å². The van der Waals surface area contributed by atoms with Crippen molar-refractivity contribution >= 4 is 23.4 Å². The molecule has 0 bridgehead atoms. The van der Waals surface area contributed by atoms with Crippen molar-refractivity contribution in [2.45, 2.75) is 13.8 Å². The molecule has 7 heteroatoms. The van der Waals surface area contributed by atoms with E-state index >= 15 is 0 Å². The molecule has 0 unspecified atom stereocenters. The zero-order chi connectivity index (χ0) is 18.7. The Morgan fingerprint density at radius 2 is 1.77 bits per heavy atom. The third-order valence-electron chi connectivity index (χ3n) is 4.55. The summed E-state index contributed by atoms with van der Waals surface area (Å²) in [4.78, 5) is 27.6. The van der Waals surface area contributed by atoms with Crippen molar-refractivity contribution in [3.05, 3.63) is 41.7 Å². The first-order valence-electron chi connectivity index (χ1n) is 8.83. The molecule has 1 aromatic carbocycles. The fourth-order valence-corrected chi connectivity index (χ4v) is 2.97. The van der Waals surface area contributed by atoms with E-state index in [0.717, 1.165) is 41.8 Å². The van der Waals surface area contributed by atoms with Crippen molar-refractivity contribution in [3.63, 3.8) is 0 Å². The van der Waals surface area contributed by atoms with Crippen LogP contribution < -0.4 is 15.1 Å². The number of nitrogens with one attached hydrogen (secondary N) is 1. The Kier molecular flexibility index (Phi) is 5.25. The Labute approximate surface area is 154 Å². The van der Waals surface area contributed by atoms with Crippen molar-refractivity contribution in [1.82, 2.24) is 14.9 Å². The highest BCUT2D eigenvalue weighted by Gasteiger charge is 2.23. The number of amides is 2. The number of benzene rings is 1. The van der Waals surface area contributed by atoms with E-state index in [-0.39, 0.29) is 6.03 Å². The summed E-state index contributed by atoms with van der Waals surface area (Å²) in [7, 11) is 3.94. The molecule has 0 spiro atoms. The highest BCUT2D eigenvalue weighted by Crippen LogP contribution is 2.20. The normalized spacial score (nSPS) is 14.3. The lowest BCUT2D eigenvalue weighted by molar-refractivity contribution is 0.208. The van der Waals surface area contributed by atoms with Crippen LogP contribution in [0.5, 0.6) is 0 Å². The molecule has 0 radical (unpaired) electrons. The van der Waals surface area contributed by atoms with Gasteiger partial charge in [0.15, 0.2) is 0 Å². The van der Waals surface area contributed by atoms with Gasteiger partial charge in [-0.25, -0.2) is 14.8 Å². The molecule has 1 aliphatic heterocycles. The third kappa shape index (κ3) is 4.04. The van der Waals surface area contributed by atoms with Crippen LogP contribution in [0, 0.1) is 13.8 Å². The number of aryl methyl sites for hydroxylation is 2. The molecule has 2 aromatic rings. The zero-order valence-electron chi connectivity index (χ0n) is 15.9. The predicted molar refractivity (Wildman–Crippen MR) is 105 cm³/mol. The van der Waals surface area contributed by atoms with E-state index < -0.39 is 0 Å². The molecule has 0 atom stereocenters. The van der Waals surface area contributed by atoms with Gasteiger partial charge in [0.2, 0.25) is 0 Å². The number of aromatic nitrogens is 2. The van der Waals surface area contributed by atoms with Crippen LogP contribution in [-0.2, 0) is 0 Å². The summed E-state index contributed by atoms with van der Waals surface area (Å²) < 4.78 is 0. The molecule has 1 fully saturated rings. The summed E-state index contributed by atoms with van der Waals surface area (Å²) in [5.41, 5.74) is 1.93. The number of anilines is 3. The van der Waals surface area contributed by atoms with Crippen molar-refractivity contribution in [2.24, 2.45) is 0 Å². The van der Waals surface area contributed by atoms with Gasteiger partial charge in [-0.15, -0.1) is 0 Å². The van der Waals surface area contributed by atoms with E-state index in [0.29, 0.717) is 13.1 Å². The standard InChI is InChI=1S/C19H26N6O/c1-14-7-5-6-8-16(14)22-19(26)25-11-9-24(10-12-25)18-13-17(23(3)4)20-15(2)21-18/h5-8,13H,9-12H2,1-4H3,(H,22,26). The zero-order valence-corrected chi connectivity index (χ0v) is 15.9. The van der Waals surface area contributed by atoms with E-state index in [1.54, 1.807) is 0 Å². The highest BCUT2D eigenvalue weighted by atomic mass is 16.2. The maximum atomic E-state index is 12.5. The summed E-state index contributed by atoms with van der Waals surface area (Å²) in [5.74, 6) is 2.57. The number of nitrogens with zero attached hydrogens (tertiary/aromatic N) is 5. The van der Waals surface area contributed by atoms with Gasteiger partial charge < -0.3 is 20.0 Å². The first-order chi connectivity index (χ1) is 12.4. The predicted octanol–water partition coefficient (Wildman–Crippen LogP) is 2.51. The van der Waals surface area contributed by atoms with Crippen LogP contribution in [0.4, 0.5) is 22.1 Å². The van der Waals surface area contributed by atoms with Gasteiger partial charge in [-0.2, -0.15) is 0 Å². The van der Waals surface area contributed by atoms with Gasteiger partial charge in [-0.3, -0.25) is 0 Å². The van der Waals surface area contributed by atoms with Crippen LogP contribution in [0.15, 0.2) is 30.3 Å². The molecular formula is C19H26N6O. The minimum absolute atomic E-state index is 0.0493. The molecule has 0 aliphatic carbocycles. The monoisotopic (exact) mass is 354 g/mol. The number of hydrogen-bond donors (Lipinski definition) is 1. The van der Waals surface area contributed by atoms with Gasteiger partial charge in [0.05, 0.1) is 0 Å². The quantitative estimate of drug-likeness (QED) is 0.917. The Bertz CT molecular complexity index is 783. The van der Waals surface area contributed by atoms with Gasteiger partial charge in [-0.05, 0) is 25.5 Å². The number of para-hydroxylation sites is 1. The number of carbonyl (C=O) groups is 1. The third-order valence-corrected chi connectivity index (χ3v) is 4.55. The molecule has 2 amide bonds. The van der Waals surface area contributed by atoms with Crippen LogP contribution in [0.25, 0.3) is 0 Å². The largest absolute Gasteiger partial charge is 0.363 e. The first-order valence-corrected chi connectivity index (χ1v) is 8.83. The van der Waals surface area contributed by atoms with E-state index in [9.17, 15) is 4.79 Å². The number of hydrogen-bond acceptors (Lipinski definition) is 5. The average Bonchev–Trinajstić information content (AvgIpc) is 2.63. The Hall–Kier alpha value is -2.83. The first kappa shape index (κ1) is 18.0. The molecule has 3 rings (SSSR count). The lowest BCUT2D eigenvalue weighted by Crippen LogP contribution is -2.50. The summed E-state index contributed by atoms with van der Waals surface area (Å²) in [5, 5.41) is 3.00. The molecular weight excluding hydrogens is 328 g/mol. The van der Waals surface area contributed by atoms with Gasteiger partial charge >= 0.3 is 6.03 Å². The van der Waals surface area contributed by atoms with E-state index in [1.807, 2.05) is 68.1 Å². The number of carbonyl (C=O) groups excluding carboxylic acids is 1. The van der Waals surface area contributed by atoms with E-state index in [2.05, 4.69) is 20.2 Å². The smallest absolute Gasteiger partial charge is 0.321 e. The van der Waals surface area contributed by atoms with Crippen LogP contribution in [0.3, 0.4) is 0 Å². The maximum Gasteiger partial charge on any atom is 0.321 e. The average molecular weight is 354 g/mol. The van der Waals surface area contributed by atoms with E-state index in [1.165, 1.54) is 0 Å². The number of rotatable bonds is 3. The van der Waals surface area contributed by atoms with Crippen LogP contribution in [0.1, 0.15) is 11.4 Å². The second-order valence-corrected chi connectivity index (χ2v) is 6.75. The van der Waals surface area contributed by atoms with Crippen molar-refractivity contribution < 1.29 is 4.79 Å². The van der Waals surface area contributed by atoms with Gasteiger partial charge in [0.25, 0.3) is 0 Å². The summed E-state index contributed by atoms with van der Waals surface area (Å²) >= 11 is 0. The summed E-state index contributed by atoms with van der Waals surface area (Å²) in [6, 6.07) is 9.77. The second kappa shape index (κ2) is 7.59. The molecule has 1 aromatic heterocycles. The van der Waals surface area contributed by atoms with Crippen LogP contribution in [0.2, 0.25) is 0 Å². The van der Waals surface area contributed by atoms with Crippen molar-refractivity contribution in [2.75, 3.05) is 55.4 Å². The minimum Gasteiger partial charge on any atom is -0.363 e. The summed E-state index contributed by atoms with van der Waals surface area (Å²) in [6.45, 7) is 6.74. The fourth-order valence-electron chi connectivity index (χ4n) is 2.97. The van der Waals surface area contributed by atoms with Gasteiger partial charge in [0, 0.05) is 52.0 Å². The Morgan fingerprint density at radius 1 is 1.08 bits per heavy atom. The molecule has 1 aliphatic rings. The van der Waals surface area contributed by atoms with Crippen LogP contribution in [-0.4, -0.2) is 61.2 Å². The molecule has 1 saturated heterocycles. The Morgan fingerprint density at radius 3 is 2.42 bits per heavy atom. The SMILES string of the molecule is Cc1nc(N(C)C)cc(N2CCN(C(=O)Nc3ccccc3C)CC2)n1. The Balaban J connectivity index is 1.62. The van der Waals surface area contributed by atoms with Gasteiger partial charge in [-0.1, -0.05) is 18.2 Å². The molecule has 138 valence electrons.